The lowest BCUT2D eigenvalue weighted by Crippen LogP contribution is -3.00. The highest BCUT2D eigenvalue weighted by Crippen LogP contribution is 2.04. The van der Waals surface area contributed by atoms with Crippen LogP contribution in [0, 0.1) is 0 Å². The Kier molecular flexibility index (Phi) is 11.8. The Balaban J connectivity index is 0. The number of rotatable bonds is 8. The fourth-order valence-electron chi connectivity index (χ4n) is 1.48. The number of quaternary nitrogens is 1. The van der Waals surface area contributed by atoms with Gasteiger partial charge >= 0.3 is 0 Å². The molecule has 0 bridgehead atoms. The fourth-order valence-corrected chi connectivity index (χ4v) is 1.48. The SMILES string of the molecule is C[N+](CCO)(CCCO)CCCO.[Br-]. The summed E-state index contributed by atoms with van der Waals surface area (Å²) in [6.07, 6.45) is 1.50. The van der Waals surface area contributed by atoms with Crippen molar-refractivity contribution in [3.05, 3.63) is 0 Å². The van der Waals surface area contributed by atoms with E-state index in [9.17, 15) is 0 Å². The molecule has 0 unspecified atom stereocenters. The van der Waals surface area contributed by atoms with E-state index in [0.29, 0.717) is 6.54 Å². The molecule has 0 saturated carbocycles. The lowest BCUT2D eigenvalue weighted by atomic mass is 10.3. The summed E-state index contributed by atoms with van der Waals surface area (Å²) in [5, 5.41) is 26.3. The molecule has 88 valence electrons. The molecule has 0 atom stereocenters. The summed E-state index contributed by atoms with van der Waals surface area (Å²) in [5.41, 5.74) is 0. The molecule has 0 aromatic heterocycles. The molecule has 0 aromatic rings. The summed E-state index contributed by atoms with van der Waals surface area (Å²) in [5.74, 6) is 0. The number of hydrogen-bond donors (Lipinski definition) is 3. The molecular formula is C9H22BrNO3. The normalized spacial score (nSPS) is 11.1. The second kappa shape index (κ2) is 9.86. The summed E-state index contributed by atoms with van der Waals surface area (Å²) in [4.78, 5) is 0. The van der Waals surface area contributed by atoms with Gasteiger partial charge in [-0.15, -0.1) is 0 Å². The number of halogens is 1. The van der Waals surface area contributed by atoms with Crippen molar-refractivity contribution in [1.29, 1.82) is 0 Å². The van der Waals surface area contributed by atoms with Crippen molar-refractivity contribution in [2.45, 2.75) is 12.8 Å². The van der Waals surface area contributed by atoms with Crippen LogP contribution < -0.4 is 17.0 Å². The summed E-state index contributed by atoms with van der Waals surface area (Å²) >= 11 is 0. The van der Waals surface area contributed by atoms with Gasteiger partial charge in [0.05, 0.1) is 26.7 Å². The second-order valence-corrected chi connectivity index (χ2v) is 3.67. The van der Waals surface area contributed by atoms with E-state index in [2.05, 4.69) is 0 Å². The Labute approximate surface area is 96.5 Å². The van der Waals surface area contributed by atoms with Crippen LogP contribution in [-0.4, -0.2) is 66.3 Å². The molecule has 4 nitrogen and oxygen atoms in total. The fraction of sp³-hybridized carbons (Fsp3) is 1.00. The molecule has 0 aromatic carbocycles. The van der Waals surface area contributed by atoms with Crippen LogP contribution in [0.25, 0.3) is 0 Å². The van der Waals surface area contributed by atoms with Crippen LogP contribution in [0.4, 0.5) is 0 Å². The number of likely N-dealkylation sites (N-methyl/N-ethyl adjacent to an activating group) is 1. The Morgan fingerprint density at radius 1 is 0.786 bits per heavy atom. The van der Waals surface area contributed by atoms with E-state index in [4.69, 9.17) is 15.3 Å². The maximum atomic E-state index is 8.86. The van der Waals surface area contributed by atoms with Gasteiger partial charge in [0.15, 0.2) is 0 Å². The van der Waals surface area contributed by atoms with E-state index in [1.54, 1.807) is 0 Å². The highest BCUT2D eigenvalue weighted by molar-refractivity contribution is 4.42. The molecular weight excluding hydrogens is 250 g/mol. The third-order valence-electron chi connectivity index (χ3n) is 2.35. The average molecular weight is 272 g/mol. The van der Waals surface area contributed by atoms with Gasteiger partial charge in [0.1, 0.15) is 6.54 Å². The van der Waals surface area contributed by atoms with Gasteiger partial charge in [0.2, 0.25) is 0 Å². The maximum absolute atomic E-state index is 8.86. The van der Waals surface area contributed by atoms with Gasteiger partial charge in [-0.25, -0.2) is 0 Å². The van der Waals surface area contributed by atoms with Crippen LogP contribution in [0.5, 0.6) is 0 Å². The predicted octanol–water partition coefficient (Wildman–Crippen LogP) is -3.81. The van der Waals surface area contributed by atoms with Gasteiger partial charge in [-0.05, 0) is 0 Å². The topological polar surface area (TPSA) is 60.7 Å². The molecule has 3 N–H and O–H groups in total. The molecule has 0 fully saturated rings. The molecule has 14 heavy (non-hydrogen) atoms. The van der Waals surface area contributed by atoms with Crippen molar-refractivity contribution in [2.75, 3.05) is 46.5 Å². The Hall–Kier alpha value is 0.320. The average Bonchev–Trinajstić information content (AvgIpc) is 2.12. The zero-order valence-corrected chi connectivity index (χ0v) is 10.4. The zero-order valence-electron chi connectivity index (χ0n) is 8.82. The lowest BCUT2D eigenvalue weighted by molar-refractivity contribution is -0.910. The van der Waals surface area contributed by atoms with E-state index < -0.39 is 0 Å². The van der Waals surface area contributed by atoms with E-state index in [0.717, 1.165) is 30.4 Å². The van der Waals surface area contributed by atoms with E-state index in [-0.39, 0.29) is 36.8 Å². The largest absolute Gasteiger partial charge is 1.00 e. The Morgan fingerprint density at radius 3 is 1.50 bits per heavy atom. The first kappa shape index (κ1) is 16.7. The molecule has 0 aliphatic heterocycles. The van der Waals surface area contributed by atoms with Gasteiger partial charge < -0.3 is 36.8 Å². The van der Waals surface area contributed by atoms with E-state index >= 15 is 0 Å². The Morgan fingerprint density at radius 2 is 1.21 bits per heavy atom. The van der Waals surface area contributed by atoms with E-state index in [1.165, 1.54) is 0 Å². The third-order valence-corrected chi connectivity index (χ3v) is 2.35. The number of aliphatic hydroxyl groups excluding tert-OH is 3. The molecule has 0 spiro atoms. The molecule has 0 amide bonds. The first-order valence-corrected chi connectivity index (χ1v) is 4.84. The number of hydrogen-bond acceptors (Lipinski definition) is 3. The van der Waals surface area contributed by atoms with Crippen LogP contribution in [-0.2, 0) is 0 Å². The summed E-state index contributed by atoms with van der Waals surface area (Å²) in [7, 11) is 2.04. The van der Waals surface area contributed by atoms with Crippen LogP contribution in [0.3, 0.4) is 0 Å². The number of nitrogens with zero attached hydrogens (tertiary/aromatic N) is 1. The summed E-state index contributed by atoms with van der Waals surface area (Å²) in [6, 6.07) is 0. The van der Waals surface area contributed by atoms with Crippen LogP contribution in [0.15, 0.2) is 0 Å². The smallest absolute Gasteiger partial charge is 0.102 e. The first-order chi connectivity index (χ1) is 6.18. The summed E-state index contributed by atoms with van der Waals surface area (Å²) < 4.78 is 0.734. The molecule has 0 heterocycles. The van der Waals surface area contributed by atoms with E-state index in [1.807, 2.05) is 7.05 Å². The Bertz CT molecular complexity index is 117. The van der Waals surface area contributed by atoms with Gasteiger partial charge in [-0.2, -0.15) is 0 Å². The summed E-state index contributed by atoms with van der Waals surface area (Å²) in [6.45, 7) is 2.96. The standard InChI is InChI=1S/C9H22NO3.BrH/c1-10(6-9-13,4-2-7-11)5-3-8-12;/h11-13H,2-9H2,1H3;1H/q+1;/p-1. The minimum atomic E-state index is 0. The minimum absolute atomic E-state index is 0. The van der Waals surface area contributed by atoms with Crippen molar-refractivity contribution in [3.63, 3.8) is 0 Å². The quantitative estimate of drug-likeness (QED) is 0.397. The monoisotopic (exact) mass is 271 g/mol. The van der Waals surface area contributed by atoms with Crippen molar-refractivity contribution in [2.24, 2.45) is 0 Å². The highest BCUT2D eigenvalue weighted by Gasteiger charge is 2.19. The van der Waals surface area contributed by atoms with Crippen molar-refractivity contribution < 1.29 is 36.8 Å². The van der Waals surface area contributed by atoms with Crippen LogP contribution in [0.1, 0.15) is 12.8 Å². The predicted molar refractivity (Wildman–Crippen MR) is 51.3 cm³/mol. The molecule has 5 heteroatoms. The molecule has 0 saturated heterocycles. The lowest BCUT2D eigenvalue weighted by Gasteiger charge is -2.33. The minimum Gasteiger partial charge on any atom is -1.00 e. The van der Waals surface area contributed by atoms with Gasteiger partial charge in [-0.1, -0.05) is 0 Å². The molecule has 0 rings (SSSR count). The van der Waals surface area contributed by atoms with Crippen molar-refractivity contribution in [1.82, 2.24) is 0 Å². The van der Waals surface area contributed by atoms with Gasteiger partial charge in [0, 0.05) is 26.1 Å². The molecule has 0 aliphatic rings. The van der Waals surface area contributed by atoms with Gasteiger partial charge in [-0.3, -0.25) is 0 Å². The maximum Gasteiger partial charge on any atom is 0.102 e. The van der Waals surface area contributed by atoms with Gasteiger partial charge in [0.25, 0.3) is 0 Å². The third kappa shape index (κ3) is 7.70. The van der Waals surface area contributed by atoms with Crippen LogP contribution >= 0.6 is 0 Å². The zero-order chi connectivity index (χ0) is 10.2. The number of aliphatic hydroxyl groups is 3. The van der Waals surface area contributed by atoms with Crippen molar-refractivity contribution >= 4 is 0 Å². The second-order valence-electron chi connectivity index (χ2n) is 3.67. The van der Waals surface area contributed by atoms with Crippen LogP contribution in [0.2, 0.25) is 0 Å². The first-order valence-electron chi connectivity index (χ1n) is 4.84. The highest BCUT2D eigenvalue weighted by atomic mass is 79.9. The molecule has 0 aliphatic carbocycles. The van der Waals surface area contributed by atoms with Crippen molar-refractivity contribution in [3.8, 4) is 0 Å². The molecule has 0 radical (unpaired) electrons.